The molecule has 0 heterocycles. The van der Waals surface area contributed by atoms with Crippen molar-refractivity contribution >= 4 is 5.97 Å². The number of esters is 1. The van der Waals surface area contributed by atoms with Gasteiger partial charge < -0.3 is 14.8 Å². The Bertz CT molecular complexity index is 229. The van der Waals surface area contributed by atoms with Gasteiger partial charge in [-0.2, -0.15) is 0 Å². The van der Waals surface area contributed by atoms with Crippen molar-refractivity contribution < 1.29 is 14.3 Å². The molecule has 1 atom stereocenters. The summed E-state index contributed by atoms with van der Waals surface area (Å²) in [5.74, 6) is -0.196. The molecule has 1 N–H and O–H groups in total. The summed E-state index contributed by atoms with van der Waals surface area (Å²) in [4.78, 5) is 11.5. The van der Waals surface area contributed by atoms with Crippen LogP contribution in [0.1, 0.15) is 33.1 Å². The van der Waals surface area contributed by atoms with Gasteiger partial charge in [0.1, 0.15) is 6.04 Å². The van der Waals surface area contributed by atoms with E-state index < -0.39 is 0 Å². The van der Waals surface area contributed by atoms with E-state index in [1.807, 2.05) is 6.92 Å². The van der Waals surface area contributed by atoms with Crippen molar-refractivity contribution in [2.45, 2.75) is 39.2 Å². The van der Waals surface area contributed by atoms with E-state index >= 15 is 0 Å². The lowest BCUT2D eigenvalue weighted by Crippen LogP contribution is -2.39. The summed E-state index contributed by atoms with van der Waals surface area (Å²) >= 11 is 0. The van der Waals surface area contributed by atoms with Crippen LogP contribution in [0.5, 0.6) is 0 Å². The molecule has 0 aliphatic carbocycles. The summed E-state index contributed by atoms with van der Waals surface area (Å²) in [5, 5.41) is 3.15. The van der Waals surface area contributed by atoms with Crippen LogP contribution in [0.2, 0.25) is 0 Å². The lowest BCUT2D eigenvalue weighted by atomic mass is 10.1. The Morgan fingerprint density at radius 1 is 1.47 bits per heavy atom. The van der Waals surface area contributed by atoms with Crippen molar-refractivity contribution in [1.29, 1.82) is 0 Å². The van der Waals surface area contributed by atoms with Crippen LogP contribution >= 0.6 is 0 Å². The van der Waals surface area contributed by atoms with Crippen LogP contribution in [0.4, 0.5) is 0 Å². The first-order valence-corrected chi connectivity index (χ1v) is 6.15. The van der Waals surface area contributed by atoms with Crippen molar-refractivity contribution in [3.8, 4) is 0 Å². The molecular weight excluding hydrogens is 218 g/mol. The smallest absolute Gasteiger partial charge is 0.322 e. The quantitative estimate of drug-likeness (QED) is 0.362. The maximum absolute atomic E-state index is 11.5. The van der Waals surface area contributed by atoms with E-state index in [9.17, 15) is 4.79 Å². The zero-order valence-corrected chi connectivity index (χ0v) is 11.3. The number of hydrogen-bond acceptors (Lipinski definition) is 4. The maximum atomic E-state index is 11.5. The summed E-state index contributed by atoms with van der Waals surface area (Å²) in [6.07, 6.45) is 2.89. The van der Waals surface area contributed by atoms with Gasteiger partial charge in [-0.25, -0.2) is 0 Å². The predicted molar refractivity (Wildman–Crippen MR) is 69.0 cm³/mol. The van der Waals surface area contributed by atoms with Crippen LogP contribution in [-0.2, 0) is 14.3 Å². The molecule has 0 spiro atoms. The van der Waals surface area contributed by atoms with Gasteiger partial charge in [0, 0.05) is 6.54 Å². The highest BCUT2D eigenvalue weighted by Gasteiger charge is 2.17. The Morgan fingerprint density at radius 3 is 2.71 bits per heavy atom. The largest absolute Gasteiger partial charge is 0.468 e. The molecule has 17 heavy (non-hydrogen) atoms. The van der Waals surface area contributed by atoms with Gasteiger partial charge in [-0.05, 0) is 13.3 Å². The maximum Gasteiger partial charge on any atom is 0.322 e. The van der Waals surface area contributed by atoms with Gasteiger partial charge in [0.2, 0.25) is 0 Å². The number of rotatable bonds is 10. The molecule has 0 aliphatic heterocycles. The van der Waals surface area contributed by atoms with E-state index in [2.05, 4.69) is 18.8 Å². The second kappa shape index (κ2) is 10.3. The van der Waals surface area contributed by atoms with E-state index in [0.29, 0.717) is 19.8 Å². The minimum Gasteiger partial charge on any atom is -0.468 e. The van der Waals surface area contributed by atoms with Gasteiger partial charge in [-0.15, -0.1) is 0 Å². The van der Waals surface area contributed by atoms with E-state index in [0.717, 1.165) is 24.8 Å². The van der Waals surface area contributed by atoms with Gasteiger partial charge in [0.05, 0.1) is 20.3 Å². The standard InChI is InChI=1S/C13H25NO3/c1-5-6-7-12(13(15)16-4)14-8-9-17-10-11(2)3/h12,14H,2,5-10H2,1,3-4H3. The van der Waals surface area contributed by atoms with Crippen molar-refractivity contribution in [1.82, 2.24) is 5.32 Å². The highest BCUT2D eigenvalue weighted by molar-refractivity contribution is 5.75. The molecule has 0 aromatic rings. The van der Waals surface area contributed by atoms with Crippen molar-refractivity contribution in [2.24, 2.45) is 0 Å². The van der Waals surface area contributed by atoms with Crippen LogP contribution in [0, 0.1) is 0 Å². The van der Waals surface area contributed by atoms with E-state index in [4.69, 9.17) is 9.47 Å². The SMILES string of the molecule is C=C(C)COCCNC(CCCC)C(=O)OC. The number of ether oxygens (including phenoxy) is 2. The van der Waals surface area contributed by atoms with Gasteiger partial charge in [0.25, 0.3) is 0 Å². The molecule has 0 saturated carbocycles. The second-order valence-corrected chi connectivity index (χ2v) is 4.18. The summed E-state index contributed by atoms with van der Waals surface area (Å²) in [6, 6.07) is -0.214. The number of nitrogens with one attached hydrogen (secondary N) is 1. The average molecular weight is 243 g/mol. The number of carbonyl (C=O) groups excluding carboxylic acids is 1. The zero-order valence-electron chi connectivity index (χ0n) is 11.3. The Labute approximate surface area is 104 Å². The number of carbonyl (C=O) groups is 1. The molecule has 0 rings (SSSR count). The Kier molecular flexibility index (Phi) is 9.77. The van der Waals surface area contributed by atoms with Crippen LogP contribution in [-0.4, -0.2) is 38.9 Å². The lowest BCUT2D eigenvalue weighted by molar-refractivity contribution is -0.143. The number of methoxy groups -OCH3 is 1. The minimum absolute atomic E-state index is 0.196. The number of hydrogen-bond donors (Lipinski definition) is 1. The molecular formula is C13H25NO3. The van der Waals surface area contributed by atoms with Crippen LogP contribution in [0.25, 0.3) is 0 Å². The molecule has 0 fully saturated rings. The summed E-state index contributed by atoms with van der Waals surface area (Å²) in [5.41, 5.74) is 1.00. The third-order valence-electron chi connectivity index (χ3n) is 2.32. The van der Waals surface area contributed by atoms with Gasteiger partial charge >= 0.3 is 5.97 Å². The van der Waals surface area contributed by atoms with E-state index in [-0.39, 0.29) is 12.0 Å². The average Bonchev–Trinajstić information content (AvgIpc) is 2.31. The Morgan fingerprint density at radius 2 is 2.18 bits per heavy atom. The molecule has 1 unspecified atom stereocenters. The molecule has 100 valence electrons. The first-order chi connectivity index (χ1) is 8.11. The predicted octanol–water partition coefficient (Wildman–Crippen LogP) is 1.90. The van der Waals surface area contributed by atoms with E-state index in [1.54, 1.807) is 0 Å². The lowest BCUT2D eigenvalue weighted by Gasteiger charge is -2.16. The molecule has 0 aliphatic rings. The van der Waals surface area contributed by atoms with E-state index in [1.165, 1.54) is 7.11 Å². The van der Waals surface area contributed by atoms with Gasteiger partial charge in [-0.1, -0.05) is 31.9 Å². The molecule has 0 saturated heterocycles. The third-order valence-corrected chi connectivity index (χ3v) is 2.32. The second-order valence-electron chi connectivity index (χ2n) is 4.18. The van der Waals surface area contributed by atoms with Crippen molar-refractivity contribution in [2.75, 3.05) is 26.9 Å². The third kappa shape index (κ3) is 8.89. The zero-order chi connectivity index (χ0) is 13.1. The molecule has 0 bridgehead atoms. The first-order valence-electron chi connectivity index (χ1n) is 6.15. The van der Waals surface area contributed by atoms with Crippen LogP contribution < -0.4 is 5.32 Å². The minimum atomic E-state index is -0.214. The summed E-state index contributed by atoms with van der Waals surface area (Å²) < 4.78 is 10.1. The fraction of sp³-hybridized carbons (Fsp3) is 0.769. The molecule has 0 aromatic heterocycles. The van der Waals surface area contributed by atoms with Crippen molar-refractivity contribution in [3.63, 3.8) is 0 Å². The molecule has 4 nitrogen and oxygen atoms in total. The normalized spacial score (nSPS) is 12.2. The monoisotopic (exact) mass is 243 g/mol. The Hall–Kier alpha value is -0.870. The van der Waals surface area contributed by atoms with Gasteiger partial charge in [0.15, 0.2) is 0 Å². The topological polar surface area (TPSA) is 47.6 Å². The Balaban J connectivity index is 3.75. The summed E-state index contributed by atoms with van der Waals surface area (Å²) in [6.45, 7) is 9.57. The number of unbranched alkanes of at least 4 members (excludes halogenated alkanes) is 1. The summed E-state index contributed by atoms with van der Waals surface area (Å²) in [7, 11) is 1.42. The fourth-order valence-electron chi connectivity index (χ4n) is 1.41. The highest BCUT2D eigenvalue weighted by Crippen LogP contribution is 2.02. The molecule has 4 heteroatoms. The molecule has 0 amide bonds. The van der Waals surface area contributed by atoms with Crippen LogP contribution in [0.3, 0.4) is 0 Å². The highest BCUT2D eigenvalue weighted by atomic mass is 16.5. The first kappa shape index (κ1) is 16.1. The van der Waals surface area contributed by atoms with Crippen molar-refractivity contribution in [3.05, 3.63) is 12.2 Å². The van der Waals surface area contributed by atoms with Gasteiger partial charge in [-0.3, -0.25) is 4.79 Å². The fourth-order valence-corrected chi connectivity index (χ4v) is 1.41. The van der Waals surface area contributed by atoms with Crippen LogP contribution in [0.15, 0.2) is 12.2 Å². The molecule has 0 radical (unpaired) electrons. The molecule has 0 aromatic carbocycles.